The fourth-order valence-corrected chi connectivity index (χ4v) is 3.33. The summed E-state index contributed by atoms with van der Waals surface area (Å²) in [5.74, 6) is 0.878. The van der Waals surface area contributed by atoms with Crippen molar-refractivity contribution in [3.05, 3.63) is 0 Å². The van der Waals surface area contributed by atoms with E-state index in [9.17, 15) is 4.79 Å². The third-order valence-electron chi connectivity index (χ3n) is 2.94. The van der Waals surface area contributed by atoms with Crippen molar-refractivity contribution in [2.24, 2.45) is 0 Å². The first-order chi connectivity index (χ1) is 7.67. The molecule has 0 bridgehead atoms. The summed E-state index contributed by atoms with van der Waals surface area (Å²) < 4.78 is 10.2. The van der Waals surface area contributed by atoms with Gasteiger partial charge in [0.1, 0.15) is 5.54 Å². The molecule has 0 spiro atoms. The number of esters is 1. The molecule has 1 N–H and O–H groups in total. The molecule has 0 saturated carbocycles. The van der Waals surface area contributed by atoms with Gasteiger partial charge in [-0.1, -0.05) is 6.92 Å². The number of hydrogen-bond donors (Lipinski definition) is 1. The molecule has 1 saturated heterocycles. The van der Waals surface area contributed by atoms with Gasteiger partial charge in [0.25, 0.3) is 0 Å². The quantitative estimate of drug-likeness (QED) is 0.561. The van der Waals surface area contributed by atoms with Crippen LogP contribution < -0.4 is 5.32 Å². The molecule has 0 aliphatic carbocycles. The Morgan fingerprint density at radius 3 is 2.88 bits per heavy atom. The second-order valence-corrected chi connectivity index (χ2v) is 5.32. The van der Waals surface area contributed by atoms with Crippen molar-refractivity contribution in [2.45, 2.75) is 31.1 Å². The maximum absolute atomic E-state index is 12.0. The molecule has 4 nitrogen and oxygen atoms in total. The molecule has 94 valence electrons. The Morgan fingerprint density at radius 1 is 1.62 bits per heavy atom. The standard InChI is InChI=1S/C11H21NO3S/c1-4-15-10(13)11(12-6-7-14-3)5-8-16-9(11)2/h9,12H,4-8H2,1-3H3. The van der Waals surface area contributed by atoms with Crippen LogP contribution in [-0.4, -0.2) is 49.4 Å². The van der Waals surface area contributed by atoms with E-state index >= 15 is 0 Å². The van der Waals surface area contributed by atoms with Gasteiger partial charge in [0.05, 0.1) is 13.2 Å². The van der Waals surface area contributed by atoms with Crippen LogP contribution >= 0.6 is 11.8 Å². The highest BCUT2D eigenvalue weighted by Crippen LogP contribution is 2.36. The third-order valence-corrected chi connectivity index (χ3v) is 4.29. The normalized spacial score (nSPS) is 29.3. The van der Waals surface area contributed by atoms with Gasteiger partial charge in [-0.25, -0.2) is 0 Å². The van der Waals surface area contributed by atoms with Gasteiger partial charge in [-0.2, -0.15) is 11.8 Å². The summed E-state index contributed by atoms with van der Waals surface area (Å²) in [5, 5.41) is 3.56. The van der Waals surface area contributed by atoms with E-state index in [1.165, 1.54) is 0 Å². The van der Waals surface area contributed by atoms with E-state index in [2.05, 4.69) is 12.2 Å². The van der Waals surface area contributed by atoms with E-state index in [-0.39, 0.29) is 11.2 Å². The second kappa shape index (κ2) is 6.47. The molecule has 16 heavy (non-hydrogen) atoms. The molecular formula is C11H21NO3S. The lowest BCUT2D eigenvalue weighted by molar-refractivity contribution is -0.151. The Balaban J connectivity index is 2.64. The van der Waals surface area contributed by atoms with Crippen molar-refractivity contribution in [3.8, 4) is 0 Å². The maximum Gasteiger partial charge on any atom is 0.327 e. The molecule has 0 aromatic rings. The molecule has 1 rings (SSSR count). The molecular weight excluding hydrogens is 226 g/mol. The molecule has 1 heterocycles. The first kappa shape index (κ1) is 13.8. The first-order valence-electron chi connectivity index (χ1n) is 5.70. The lowest BCUT2D eigenvalue weighted by Gasteiger charge is -2.31. The molecule has 2 atom stereocenters. The van der Waals surface area contributed by atoms with Gasteiger partial charge in [0, 0.05) is 18.9 Å². The van der Waals surface area contributed by atoms with Gasteiger partial charge in [0.15, 0.2) is 0 Å². The third kappa shape index (κ3) is 2.90. The van der Waals surface area contributed by atoms with Crippen LogP contribution in [0.3, 0.4) is 0 Å². The summed E-state index contributed by atoms with van der Waals surface area (Å²) >= 11 is 1.81. The summed E-state index contributed by atoms with van der Waals surface area (Å²) in [6, 6.07) is 0. The number of rotatable bonds is 6. The highest BCUT2D eigenvalue weighted by Gasteiger charge is 2.48. The van der Waals surface area contributed by atoms with E-state index in [1.54, 1.807) is 7.11 Å². The van der Waals surface area contributed by atoms with Crippen LogP contribution in [0.15, 0.2) is 0 Å². The number of nitrogens with one attached hydrogen (secondary N) is 1. The Labute approximate surface area is 101 Å². The number of methoxy groups -OCH3 is 1. The van der Waals surface area contributed by atoms with Gasteiger partial charge in [-0.15, -0.1) is 0 Å². The zero-order chi connectivity index (χ0) is 12.0. The van der Waals surface area contributed by atoms with Crippen LogP contribution in [0.25, 0.3) is 0 Å². The Morgan fingerprint density at radius 2 is 2.38 bits per heavy atom. The predicted octanol–water partition coefficient (Wildman–Crippen LogP) is 1.05. The van der Waals surface area contributed by atoms with Crippen LogP contribution in [0.5, 0.6) is 0 Å². The number of hydrogen-bond acceptors (Lipinski definition) is 5. The number of ether oxygens (including phenoxy) is 2. The fraction of sp³-hybridized carbons (Fsp3) is 0.909. The van der Waals surface area contributed by atoms with Crippen LogP contribution in [0.2, 0.25) is 0 Å². The van der Waals surface area contributed by atoms with E-state index < -0.39 is 5.54 Å². The lowest BCUT2D eigenvalue weighted by atomic mass is 9.92. The largest absolute Gasteiger partial charge is 0.465 e. The molecule has 1 aliphatic heterocycles. The average molecular weight is 247 g/mol. The van der Waals surface area contributed by atoms with Gasteiger partial charge in [-0.3, -0.25) is 10.1 Å². The predicted molar refractivity (Wildman–Crippen MR) is 65.8 cm³/mol. The van der Waals surface area contributed by atoms with E-state index in [0.29, 0.717) is 19.8 Å². The fourth-order valence-electron chi connectivity index (χ4n) is 1.95. The molecule has 0 aromatic carbocycles. The van der Waals surface area contributed by atoms with E-state index in [1.807, 2.05) is 18.7 Å². The van der Waals surface area contributed by atoms with Gasteiger partial charge >= 0.3 is 5.97 Å². The highest BCUT2D eigenvalue weighted by molar-refractivity contribution is 8.00. The molecule has 1 aliphatic rings. The molecule has 1 fully saturated rings. The van der Waals surface area contributed by atoms with Gasteiger partial charge in [-0.05, 0) is 19.1 Å². The molecule has 2 unspecified atom stereocenters. The lowest BCUT2D eigenvalue weighted by Crippen LogP contribution is -2.57. The number of carbonyl (C=O) groups excluding carboxylic acids is 1. The minimum Gasteiger partial charge on any atom is -0.465 e. The van der Waals surface area contributed by atoms with E-state index in [0.717, 1.165) is 12.2 Å². The minimum atomic E-state index is -0.515. The average Bonchev–Trinajstić information content (AvgIpc) is 2.62. The molecule has 0 amide bonds. The van der Waals surface area contributed by atoms with Crippen molar-refractivity contribution < 1.29 is 14.3 Å². The van der Waals surface area contributed by atoms with E-state index in [4.69, 9.17) is 9.47 Å². The zero-order valence-corrected chi connectivity index (χ0v) is 11.1. The Bertz CT molecular complexity index is 237. The first-order valence-corrected chi connectivity index (χ1v) is 6.75. The van der Waals surface area contributed by atoms with Crippen LogP contribution in [-0.2, 0) is 14.3 Å². The van der Waals surface area contributed by atoms with Crippen molar-refractivity contribution in [1.82, 2.24) is 5.32 Å². The highest BCUT2D eigenvalue weighted by atomic mass is 32.2. The topological polar surface area (TPSA) is 47.6 Å². The summed E-state index contributed by atoms with van der Waals surface area (Å²) in [4.78, 5) is 12.0. The van der Waals surface area contributed by atoms with Gasteiger partial charge < -0.3 is 9.47 Å². The van der Waals surface area contributed by atoms with Crippen LogP contribution in [0, 0.1) is 0 Å². The van der Waals surface area contributed by atoms with Crippen molar-refractivity contribution in [1.29, 1.82) is 0 Å². The van der Waals surface area contributed by atoms with Crippen LogP contribution in [0.4, 0.5) is 0 Å². The summed E-state index contributed by atoms with van der Waals surface area (Å²) in [7, 11) is 1.66. The van der Waals surface area contributed by atoms with Gasteiger partial charge in [0.2, 0.25) is 0 Å². The SMILES string of the molecule is CCOC(=O)C1(NCCOC)CCSC1C. The number of thioether (sulfide) groups is 1. The minimum absolute atomic E-state index is 0.122. The smallest absolute Gasteiger partial charge is 0.327 e. The van der Waals surface area contributed by atoms with Crippen LogP contribution in [0.1, 0.15) is 20.3 Å². The zero-order valence-electron chi connectivity index (χ0n) is 10.2. The monoisotopic (exact) mass is 247 g/mol. The van der Waals surface area contributed by atoms with Crippen molar-refractivity contribution in [3.63, 3.8) is 0 Å². The van der Waals surface area contributed by atoms with Crippen molar-refractivity contribution in [2.75, 3.05) is 32.6 Å². The Kier molecular flexibility index (Phi) is 5.58. The summed E-state index contributed by atoms with van der Waals surface area (Å²) in [5.41, 5.74) is -0.515. The maximum atomic E-state index is 12.0. The summed E-state index contributed by atoms with van der Waals surface area (Å²) in [6.45, 7) is 5.64. The summed E-state index contributed by atoms with van der Waals surface area (Å²) in [6.07, 6.45) is 0.835. The Hall–Kier alpha value is -0.260. The van der Waals surface area contributed by atoms with Crippen molar-refractivity contribution >= 4 is 17.7 Å². The molecule has 0 aromatic heterocycles. The second-order valence-electron chi connectivity index (χ2n) is 3.87. The number of carbonyl (C=O) groups is 1. The molecule has 0 radical (unpaired) electrons. The molecule has 5 heteroatoms.